The third kappa shape index (κ3) is 3.59. The first kappa shape index (κ1) is 19.2. The van der Waals surface area contributed by atoms with Crippen LogP contribution in [0.5, 0.6) is 0 Å². The summed E-state index contributed by atoms with van der Waals surface area (Å²) in [5.74, 6) is 0.0641. The van der Waals surface area contributed by atoms with Gasteiger partial charge in [0.25, 0.3) is 0 Å². The Kier molecular flexibility index (Phi) is 5.52. The first-order valence-electron chi connectivity index (χ1n) is 10.5. The molecular formula is C23H30N4O. The summed E-state index contributed by atoms with van der Waals surface area (Å²) in [5.41, 5.74) is 5.89. The molecule has 5 heteroatoms. The van der Waals surface area contributed by atoms with Crippen LogP contribution in [0.2, 0.25) is 0 Å². The molecule has 148 valence electrons. The molecular weight excluding hydrogens is 348 g/mol. The quantitative estimate of drug-likeness (QED) is 0.819. The number of allylic oxidation sites excluding steroid dienone is 1. The minimum atomic E-state index is -0.231. The van der Waals surface area contributed by atoms with Crippen molar-refractivity contribution in [2.24, 2.45) is 0 Å². The molecule has 0 bridgehead atoms. The molecule has 0 aromatic heterocycles. The van der Waals surface area contributed by atoms with Crippen LogP contribution < -0.4 is 5.32 Å². The highest BCUT2D eigenvalue weighted by Crippen LogP contribution is 2.39. The molecule has 3 aliphatic rings. The maximum atomic E-state index is 12.4. The molecule has 5 nitrogen and oxygen atoms in total. The maximum absolute atomic E-state index is 12.4. The summed E-state index contributed by atoms with van der Waals surface area (Å²) >= 11 is 0. The molecule has 4 rings (SSSR count). The number of aryl methyl sites for hydroxylation is 1. The van der Waals surface area contributed by atoms with Crippen molar-refractivity contribution in [1.82, 2.24) is 15.1 Å². The number of nitrogens with zero attached hydrogens (tertiary/aromatic N) is 3. The van der Waals surface area contributed by atoms with Gasteiger partial charge in [-0.15, -0.1) is 0 Å². The van der Waals surface area contributed by atoms with Crippen molar-refractivity contribution in [2.75, 3.05) is 26.2 Å². The highest BCUT2D eigenvalue weighted by molar-refractivity contribution is 5.79. The lowest BCUT2D eigenvalue weighted by molar-refractivity contribution is -0.130. The maximum Gasteiger partial charge on any atom is 0.237 e. The molecule has 1 aliphatic carbocycles. The van der Waals surface area contributed by atoms with Gasteiger partial charge in [-0.05, 0) is 50.7 Å². The summed E-state index contributed by atoms with van der Waals surface area (Å²) in [4.78, 5) is 16.7. The summed E-state index contributed by atoms with van der Waals surface area (Å²) in [6, 6.07) is 11.6. The van der Waals surface area contributed by atoms with Crippen molar-refractivity contribution in [3.8, 4) is 6.07 Å². The Morgan fingerprint density at radius 1 is 1.25 bits per heavy atom. The molecule has 1 aromatic rings. The van der Waals surface area contributed by atoms with E-state index in [9.17, 15) is 10.1 Å². The van der Waals surface area contributed by atoms with Crippen LogP contribution >= 0.6 is 0 Å². The summed E-state index contributed by atoms with van der Waals surface area (Å²) in [7, 11) is 0. The highest BCUT2D eigenvalue weighted by atomic mass is 16.2. The van der Waals surface area contributed by atoms with Gasteiger partial charge < -0.3 is 10.2 Å². The molecule has 28 heavy (non-hydrogen) atoms. The molecule has 0 radical (unpaired) electrons. The molecule has 1 aromatic carbocycles. The lowest BCUT2D eigenvalue weighted by atomic mass is 9.91. The fraction of sp³-hybridized carbons (Fsp3) is 0.565. The van der Waals surface area contributed by atoms with Gasteiger partial charge in [-0.3, -0.25) is 9.69 Å². The molecule has 2 fully saturated rings. The second kappa shape index (κ2) is 8.06. The number of likely N-dealkylation sites (tertiary alicyclic amines) is 2. The van der Waals surface area contributed by atoms with E-state index >= 15 is 0 Å². The van der Waals surface area contributed by atoms with E-state index in [1.165, 1.54) is 22.3 Å². The summed E-state index contributed by atoms with van der Waals surface area (Å²) in [6.45, 7) is 7.52. The number of amides is 1. The van der Waals surface area contributed by atoms with E-state index in [0.29, 0.717) is 18.6 Å². The van der Waals surface area contributed by atoms with Gasteiger partial charge in [-0.25, -0.2) is 0 Å². The number of rotatable bonds is 4. The fourth-order valence-electron chi connectivity index (χ4n) is 4.87. The van der Waals surface area contributed by atoms with Gasteiger partial charge in [0, 0.05) is 25.7 Å². The lowest BCUT2D eigenvalue weighted by Gasteiger charge is -2.46. The van der Waals surface area contributed by atoms with Crippen LogP contribution in [0.3, 0.4) is 0 Å². The van der Waals surface area contributed by atoms with E-state index < -0.39 is 0 Å². The topological polar surface area (TPSA) is 59.4 Å². The summed E-state index contributed by atoms with van der Waals surface area (Å²) < 4.78 is 0. The van der Waals surface area contributed by atoms with Crippen LogP contribution in [-0.2, 0) is 11.2 Å². The smallest absolute Gasteiger partial charge is 0.237 e. The number of hydrogen-bond donors (Lipinski definition) is 1. The van der Waals surface area contributed by atoms with Gasteiger partial charge in [0.2, 0.25) is 5.91 Å². The molecule has 1 N–H and O–H groups in total. The van der Waals surface area contributed by atoms with E-state index in [-0.39, 0.29) is 11.9 Å². The van der Waals surface area contributed by atoms with Crippen molar-refractivity contribution in [3.05, 3.63) is 46.5 Å². The van der Waals surface area contributed by atoms with E-state index in [0.717, 1.165) is 45.3 Å². The van der Waals surface area contributed by atoms with Gasteiger partial charge in [0.1, 0.15) is 6.04 Å². The molecule has 0 spiro atoms. The second-order valence-electron chi connectivity index (χ2n) is 8.47. The van der Waals surface area contributed by atoms with Crippen LogP contribution in [-0.4, -0.2) is 54.0 Å². The lowest BCUT2D eigenvalue weighted by Crippen LogP contribution is -2.60. The number of fused-ring (bicyclic) bond motifs is 1. The number of hydrogen-bond acceptors (Lipinski definition) is 4. The van der Waals surface area contributed by atoms with Gasteiger partial charge in [-0.1, -0.05) is 35.4 Å². The molecule has 2 aliphatic heterocycles. The third-order valence-corrected chi connectivity index (χ3v) is 6.74. The Hall–Kier alpha value is -2.16. The van der Waals surface area contributed by atoms with Crippen molar-refractivity contribution < 1.29 is 4.79 Å². The van der Waals surface area contributed by atoms with Crippen molar-refractivity contribution in [3.63, 3.8) is 0 Å². The number of nitrogens with one attached hydrogen (secondary N) is 1. The van der Waals surface area contributed by atoms with Crippen LogP contribution in [0.15, 0.2) is 35.4 Å². The van der Waals surface area contributed by atoms with Gasteiger partial charge >= 0.3 is 0 Å². The minimum absolute atomic E-state index is 0.0641. The Morgan fingerprint density at radius 3 is 2.82 bits per heavy atom. The van der Waals surface area contributed by atoms with Crippen LogP contribution in [0.1, 0.15) is 50.3 Å². The first-order valence-corrected chi connectivity index (χ1v) is 10.5. The number of benzene rings is 1. The molecule has 2 atom stereocenters. The predicted molar refractivity (Wildman–Crippen MR) is 110 cm³/mol. The zero-order chi connectivity index (χ0) is 19.7. The second-order valence-corrected chi connectivity index (χ2v) is 8.47. The van der Waals surface area contributed by atoms with Gasteiger partial charge in [0.15, 0.2) is 0 Å². The molecule has 1 amide bonds. The Bertz CT molecular complexity index is 818. The van der Waals surface area contributed by atoms with Crippen LogP contribution in [0.4, 0.5) is 0 Å². The minimum Gasteiger partial charge on any atom is -0.326 e. The van der Waals surface area contributed by atoms with Crippen molar-refractivity contribution >= 4 is 5.91 Å². The fourth-order valence-corrected chi connectivity index (χ4v) is 4.87. The average Bonchev–Trinajstić information content (AvgIpc) is 3.12. The zero-order valence-electron chi connectivity index (χ0n) is 16.9. The molecule has 2 saturated heterocycles. The number of carbonyl (C=O) groups excluding carboxylic acids is 1. The highest BCUT2D eigenvalue weighted by Gasteiger charge is 2.36. The standard InChI is InChI=1S/C23H30N4O/c1-16-9-10-18-6-3-4-8-21(18)23(17(16)2)26-14-19(15-26)25-13-22(28)27-11-5-7-20(27)12-24/h3-4,6,8,19-20,23,25H,5,7,9-11,13-15H2,1-2H3. The van der Waals surface area contributed by atoms with E-state index in [2.05, 4.69) is 54.4 Å². The predicted octanol–water partition coefficient (Wildman–Crippen LogP) is 2.80. The van der Waals surface area contributed by atoms with E-state index in [1.807, 2.05) is 0 Å². The monoisotopic (exact) mass is 378 g/mol. The van der Waals surface area contributed by atoms with Crippen molar-refractivity contribution in [1.29, 1.82) is 5.26 Å². The van der Waals surface area contributed by atoms with E-state index in [4.69, 9.17) is 0 Å². The SMILES string of the molecule is CC1=C(C)C(N2CC(NCC(=O)N3CCCC3C#N)C2)c2ccccc2CC1. The Labute approximate surface area is 168 Å². The first-order chi connectivity index (χ1) is 13.6. The largest absolute Gasteiger partial charge is 0.326 e. The number of nitriles is 1. The van der Waals surface area contributed by atoms with Crippen LogP contribution in [0, 0.1) is 11.3 Å². The van der Waals surface area contributed by atoms with Crippen molar-refractivity contribution in [2.45, 2.75) is 57.7 Å². The normalized spacial score (nSPS) is 25.8. The van der Waals surface area contributed by atoms with Gasteiger partial charge in [-0.2, -0.15) is 5.26 Å². The number of carbonyl (C=O) groups is 1. The zero-order valence-corrected chi connectivity index (χ0v) is 16.9. The molecule has 0 saturated carbocycles. The summed E-state index contributed by atoms with van der Waals surface area (Å²) in [5, 5.41) is 12.6. The summed E-state index contributed by atoms with van der Waals surface area (Å²) in [6.07, 6.45) is 4.01. The van der Waals surface area contributed by atoms with Gasteiger partial charge in [0.05, 0.1) is 18.7 Å². The van der Waals surface area contributed by atoms with Crippen LogP contribution in [0.25, 0.3) is 0 Å². The Balaban J connectivity index is 1.36. The Morgan fingerprint density at radius 2 is 2.04 bits per heavy atom. The third-order valence-electron chi connectivity index (χ3n) is 6.74. The van der Waals surface area contributed by atoms with E-state index in [1.54, 1.807) is 4.90 Å². The molecule has 2 unspecified atom stereocenters. The molecule has 2 heterocycles. The average molecular weight is 379 g/mol.